The molecule has 2 unspecified atom stereocenters. The van der Waals surface area contributed by atoms with Gasteiger partial charge in [0.05, 0.1) is 6.61 Å². The van der Waals surface area contributed by atoms with Crippen molar-refractivity contribution < 1.29 is 24.5 Å². The Morgan fingerprint density at radius 1 is 1.50 bits per heavy atom. The largest absolute Gasteiger partial charge is 0.460 e. The number of hydrogen-bond donors (Lipinski definition) is 2. The Morgan fingerprint density at radius 2 is 2.00 bits per heavy atom. The zero-order chi connectivity index (χ0) is 11.4. The minimum absolute atomic E-state index is 0.0464. The van der Waals surface area contributed by atoms with Crippen molar-refractivity contribution in [1.82, 2.24) is 0 Å². The van der Waals surface area contributed by atoms with Gasteiger partial charge in [0.15, 0.2) is 6.29 Å². The summed E-state index contributed by atoms with van der Waals surface area (Å²) in [7, 11) is 0. The van der Waals surface area contributed by atoms with Crippen LogP contribution in [0.15, 0.2) is 0 Å². The molecule has 0 amide bonds. The maximum absolute atomic E-state index is 10.5. The van der Waals surface area contributed by atoms with E-state index in [2.05, 4.69) is 0 Å². The molecule has 0 aromatic carbocycles. The summed E-state index contributed by atoms with van der Waals surface area (Å²) in [6.45, 7) is 5.83. The van der Waals surface area contributed by atoms with Gasteiger partial charge in [0, 0.05) is 6.92 Å². The lowest BCUT2D eigenvalue weighted by Gasteiger charge is -2.25. The Morgan fingerprint density at radius 3 is 2.36 bits per heavy atom. The SMILES string of the molecule is CC(=O)OC(C)COC(O)C(C)(C)O. The molecule has 0 aliphatic carbocycles. The van der Waals surface area contributed by atoms with Gasteiger partial charge >= 0.3 is 5.97 Å². The molecule has 5 nitrogen and oxygen atoms in total. The summed E-state index contributed by atoms with van der Waals surface area (Å²) in [5.41, 5.74) is -1.32. The molecule has 0 rings (SSSR count). The van der Waals surface area contributed by atoms with Crippen LogP contribution in [0.25, 0.3) is 0 Å². The van der Waals surface area contributed by atoms with E-state index in [0.717, 1.165) is 0 Å². The summed E-state index contributed by atoms with van der Waals surface area (Å²) in [6, 6.07) is 0. The van der Waals surface area contributed by atoms with E-state index >= 15 is 0 Å². The van der Waals surface area contributed by atoms with Gasteiger partial charge in [0.1, 0.15) is 11.7 Å². The Hall–Kier alpha value is -0.650. The van der Waals surface area contributed by atoms with Crippen LogP contribution in [0.5, 0.6) is 0 Å². The number of esters is 1. The van der Waals surface area contributed by atoms with Gasteiger partial charge < -0.3 is 19.7 Å². The van der Waals surface area contributed by atoms with Crippen LogP contribution < -0.4 is 0 Å². The standard InChI is InChI=1S/C9H18O5/c1-6(14-7(2)10)5-13-8(11)9(3,4)12/h6,8,11-12H,5H2,1-4H3. The van der Waals surface area contributed by atoms with Gasteiger partial charge in [-0.2, -0.15) is 0 Å². The topological polar surface area (TPSA) is 76.0 Å². The first kappa shape index (κ1) is 13.4. The van der Waals surface area contributed by atoms with Gasteiger partial charge in [-0.15, -0.1) is 0 Å². The highest BCUT2D eigenvalue weighted by atomic mass is 16.6. The first-order chi connectivity index (χ1) is 6.23. The molecule has 84 valence electrons. The number of carbonyl (C=O) groups excluding carboxylic acids is 1. The Labute approximate surface area is 83.6 Å². The molecule has 5 heteroatoms. The molecular formula is C9H18O5. The van der Waals surface area contributed by atoms with E-state index in [9.17, 15) is 15.0 Å². The fourth-order valence-corrected chi connectivity index (χ4v) is 0.748. The lowest BCUT2D eigenvalue weighted by Crippen LogP contribution is -2.39. The zero-order valence-corrected chi connectivity index (χ0v) is 8.98. The number of ether oxygens (including phenoxy) is 2. The summed E-state index contributed by atoms with van der Waals surface area (Å²) < 4.78 is 9.65. The van der Waals surface area contributed by atoms with Crippen LogP contribution in [0.2, 0.25) is 0 Å². The van der Waals surface area contributed by atoms with E-state index in [1.54, 1.807) is 6.92 Å². The number of hydrogen-bond acceptors (Lipinski definition) is 5. The van der Waals surface area contributed by atoms with E-state index in [1.165, 1.54) is 20.8 Å². The number of carbonyl (C=O) groups is 1. The molecule has 0 aliphatic heterocycles. The Balaban J connectivity index is 3.77. The average Bonchev–Trinajstić information content (AvgIpc) is 1.96. The van der Waals surface area contributed by atoms with Crippen LogP contribution in [-0.2, 0) is 14.3 Å². The molecule has 0 saturated carbocycles. The molecule has 0 aromatic rings. The highest BCUT2D eigenvalue weighted by molar-refractivity contribution is 5.66. The Bertz CT molecular complexity index is 184. The third kappa shape index (κ3) is 5.90. The fraction of sp³-hybridized carbons (Fsp3) is 0.889. The molecule has 0 heterocycles. The first-order valence-electron chi connectivity index (χ1n) is 4.42. The second-order valence-electron chi connectivity index (χ2n) is 3.76. The predicted molar refractivity (Wildman–Crippen MR) is 49.5 cm³/mol. The predicted octanol–water partition coefficient (Wildman–Crippen LogP) is 0.0439. The van der Waals surface area contributed by atoms with Crippen LogP contribution in [0.3, 0.4) is 0 Å². The smallest absolute Gasteiger partial charge is 0.302 e. The second kappa shape index (κ2) is 5.29. The van der Waals surface area contributed by atoms with Gasteiger partial charge in [-0.1, -0.05) is 0 Å². The zero-order valence-electron chi connectivity index (χ0n) is 8.98. The molecule has 14 heavy (non-hydrogen) atoms. The van der Waals surface area contributed by atoms with Gasteiger partial charge in [-0.25, -0.2) is 0 Å². The van der Waals surface area contributed by atoms with Gasteiger partial charge in [0.25, 0.3) is 0 Å². The van der Waals surface area contributed by atoms with E-state index < -0.39 is 24.0 Å². The van der Waals surface area contributed by atoms with Crippen LogP contribution in [0.4, 0.5) is 0 Å². The highest BCUT2D eigenvalue weighted by Crippen LogP contribution is 2.10. The minimum atomic E-state index is -1.32. The third-order valence-corrected chi connectivity index (χ3v) is 1.46. The summed E-state index contributed by atoms with van der Waals surface area (Å²) in [5.74, 6) is -0.404. The molecule has 2 N–H and O–H groups in total. The van der Waals surface area contributed by atoms with Crippen molar-refractivity contribution in [3.8, 4) is 0 Å². The molecule has 0 aliphatic rings. The molecule has 2 atom stereocenters. The minimum Gasteiger partial charge on any atom is -0.460 e. The van der Waals surface area contributed by atoms with E-state index in [4.69, 9.17) is 9.47 Å². The fourth-order valence-electron chi connectivity index (χ4n) is 0.748. The monoisotopic (exact) mass is 206 g/mol. The lowest BCUT2D eigenvalue weighted by molar-refractivity contribution is -0.210. The molecule has 0 aromatic heterocycles. The van der Waals surface area contributed by atoms with Crippen molar-refractivity contribution >= 4 is 5.97 Å². The van der Waals surface area contributed by atoms with Crippen molar-refractivity contribution in [1.29, 1.82) is 0 Å². The van der Waals surface area contributed by atoms with E-state index in [-0.39, 0.29) is 6.61 Å². The number of rotatable bonds is 5. The van der Waals surface area contributed by atoms with Gasteiger partial charge in [-0.3, -0.25) is 4.79 Å². The highest BCUT2D eigenvalue weighted by Gasteiger charge is 2.25. The molecule has 0 fully saturated rings. The second-order valence-corrected chi connectivity index (χ2v) is 3.76. The number of aliphatic hydroxyl groups is 2. The van der Waals surface area contributed by atoms with Crippen LogP contribution in [0.1, 0.15) is 27.7 Å². The lowest BCUT2D eigenvalue weighted by atomic mass is 10.1. The quantitative estimate of drug-likeness (QED) is 0.491. The van der Waals surface area contributed by atoms with Gasteiger partial charge in [0.2, 0.25) is 0 Å². The van der Waals surface area contributed by atoms with Crippen molar-refractivity contribution in [3.05, 3.63) is 0 Å². The maximum Gasteiger partial charge on any atom is 0.302 e. The first-order valence-corrected chi connectivity index (χ1v) is 4.42. The Kier molecular flexibility index (Phi) is 5.04. The molecule has 0 radical (unpaired) electrons. The average molecular weight is 206 g/mol. The molecule has 0 bridgehead atoms. The van der Waals surface area contributed by atoms with Crippen LogP contribution >= 0.6 is 0 Å². The summed E-state index contributed by atoms with van der Waals surface area (Å²) in [5, 5.41) is 18.6. The summed E-state index contributed by atoms with van der Waals surface area (Å²) >= 11 is 0. The van der Waals surface area contributed by atoms with E-state index in [0.29, 0.717) is 0 Å². The maximum atomic E-state index is 10.5. The van der Waals surface area contributed by atoms with Crippen molar-refractivity contribution in [2.75, 3.05) is 6.61 Å². The van der Waals surface area contributed by atoms with Crippen LogP contribution in [-0.4, -0.2) is 40.8 Å². The van der Waals surface area contributed by atoms with Crippen molar-refractivity contribution in [2.24, 2.45) is 0 Å². The van der Waals surface area contributed by atoms with Gasteiger partial charge in [-0.05, 0) is 20.8 Å². The summed E-state index contributed by atoms with van der Waals surface area (Å²) in [6.07, 6.45) is -1.73. The van der Waals surface area contributed by atoms with E-state index in [1.807, 2.05) is 0 Å². The summed E-state index contributed by atoms with van der Waals surface area (Å²) in [4.78, 5) is 10.5. The normalized spacial score (nSPS) is 16.1. The third-order valence-electron chi connectivity index (χ3n) is 1.46. The molecular weight excluding hydrogens is 188 g/mol. The van der Waals surface area contributed by atoms with Crippen molar-refractivity contribution in [3.63, 3.8) is 0 Å². The van der Waals surface area contributed by atoms with Crippen LogP contribution in [0, 0.1) is 0 Å². The van der Waals surface area contributed by atoms with Crippen molar-refractivity contribution in [2.45, 2.75) is 45.7 Å². The molecule has 0 saturated heterocycles. The molecule has 0 spiro atoms. The number of aliphatic hydroxyl groups excluding tert-OH is 1.